The van der Waals surface area contributed by atoms with Gasteiger partial charge in [0.2, 0.25) is 0 Å². The van der Waals surface area contributed by atoms with Gasteiger partial charge in [0, 0.05) is 13.1 Å². The number of halogens is 3. The van der Waals surface area contributed by atoms with Gasteiger partial charge in [0.25, 0.3) is 5.91 Å². The molecule has 1 aliphatic heterocycles. The summed E-state index contributed by atoms with van der Waals surface area (Å²) < 4.78 is 44.6. The minimum Gasteiger partial charge on any atom is -0.386 e. The highest BCUT2D eigenvalue weighted by molar-refractivity contribution is 5.95. The topological polar surface area (TPSA) is 63.2 Å². The van der Waals surface area contributed by atoms with Gasteiger partial charge in [0.15, 0.2) is 6.61 Å². The van der Waals surface area contributed by atoms with E-state index in [0.29, 0.717) is 32.0 Å². The molecule has 1 saturated heterocycles. The highest BCUT2D eigenvalue weighted by atomic mass is 19.4. The number of hydrogen-bond donors (Lipinski definition) is 1. The molecule has 0 bridgehead atoms. The zero-order valence-corrected chi connectivity index (χ0v) is 15.5. The number of ether oxygens (including phenoxy) is 1. The van der Waals surface area contributed by atoms with Crippen LogP contribution in [0, 0.1) is 0 Å². The number of nitrogens with one attached hydrogen (secondary N) is 1. The zero-order valence-electron chi connectivity index (χ0n) is 15.5. The summed E-state index contributed by atoms with van der Waals surface area (Å²) in [4.78, 5) is 19.0. The molecule has 1 heterocycles. The van der Waals surface area contributed by atoms with Crippen LogP contribution in [0.2, 0.25) is 0 Å². The average molecular weight is 407 g/mol. The van der Waals surface area contributed by atoms with Crippen LogP contribution in [0.1, 0.15) is 11.1 Å². The number of rotatable bonds is 6. The number of benzene rings is 2. The number of nitrogens with zero attached hydrogens (tertiary/aromatic N) is 2. The number of carbonyl (C=O) groups is 1. The molecule has 6 nitrogen and oxygen atoms in total. The number of anilines is 2. The standard InChI is InChI=1S/C20H20F3N3O3/c21-20(22,23)16-6-7-18(26-8-10-28-11-9-26)17(12-16)25-19(27)14-29-24-13-15-4-2-1-3-5-15/h1-7,12-13H,8-11,14H2,(H,25,27)/b24-13+. The van der Waals surface area contributed by atoms with Crippen molar-refractivity contribution >= 4 is 23.5 Å². The summed E-state index contributed by atoms with van der Waals surface area (Å²) in [5, 5.41) is 6.20. The summed E-state index contributed by atoms with van der Waals surface area (Å²) in [6, 6.07) is 12.4. The van der Waals surface area contributed by atoms with Gasteiger partial charge in [-0.15, -0.1) is 0 Å². The van der Waals surface area contributed by atoms with Crippen LogP contribution in [0.15, 0.2) is 53.7 Å². The third-order valence-electron chi connectivity index (χ3n) is 4.22. The van der Waals surface area contributed by atoms with Crippen molar-refractivity contribution in [1.29, 1.82) is 0 Å². The number of alkyl halides is 3. The number of carbonyl (C=O) groups excluding carboxylic acids is 1. The number of amides is 1. The van der Waals surface area contributed by atoms with Gasteiger partial charge in [-0.2, -0.15) is 13.2 Å². The monoisotopic (exact) mass is 407 g/mol. The highest BCUT2D eigenvalue weighted by Gasteiger charge is 2.32. The summed E-state index contributed by atoms with van der Waals surface area (Å²) in [5.41, 5.74) is 0.526. The van der Waals surface area contributed by atoms with Gasteiger partial charge in [0.1, 0.15) is 0 Å². The van der Waals surface area contributed by atoms with E-state index >= 15 is 0 Å². The number of oxime groups is 1. The molecule has 2 aromatic carbocycles. The second-order valence-corrected chi connectivity index (χ2v) is 6.30. The van der Waals surface area contributed by atoms with E-state index in [1.54, 1.807) is 0 Å². The van der Waals surface area contributed by atoms with E-state index in [0.717, 1.165) is 17.7 Å². The van der Waals surface area contributed by atoms with Gasteiger partial charge in [-0.1, -0.05) is 35.5 Å². The van der Waals surface area contributed by atoms with E-state index in [1.807, 2.05) is 35.2 Å². The lowest BCUT2D eigenvalue weighted by atomic mass is 10.1. The first-order valence-corrected chi connectivity index (χ1v) is 8.97. The van der Waals surface area contributed by atoms with Crippen molar-refractivity contribution in [2.24, 2.45) is 5.16 Å². The van der Waals surface area contributed by atoms with E-state index in [-0.39, 0.29) is 5.69 Å². The summed E-state index contributed by atoms with van der Waals surface area (Å²) in [6.45, 7) is 1.54. The lowest BCUT2D eigenvalue weighted by Crippen LogP contribution is -2.37. The van der Waals surface area contributed by atoms with Crippen LogP contribution < -0.4 is 10.2 Å². The van der Waals surface area contributed by atoms with E-state index < -0.39 is 24.3 Å². The Hall–Kier alpha value is -3.07. The van der Waals surface area contributed by atoms with E-state index in [4.69, 9.17) is 9.57 Å². The van der Waals surface area contributed by atoms with Crippen molar-refractivity contribution in [3.63, 3.8) is 0 Å². The van der Waals surface area contributed by atoms with Crippen LogP contribution in [-0.4, -0.2) is 45.0 Å². The number of hydrogen-bond acceptors (Lipinski definition) is 5. The molecular formula is C20H20F3N3O3. The first-order chi connectivity index (χ1) is 13.9. The third kappa shape index (κ3) is 5.95. The van der Waals surface area contributed by atoms with E-state index in [1.165, 1.54) is 12.3 Å². The summed E-state index contributed by atoms with van der Waals surface area (Å²) in [7, 11) is 0. The molecule has 3 rings (SSSR count). The largest absolute Gasteiger partial charge is 0.416 e. The lowest BCUT2D eigenvalue weighted by Gasteiger charge is -2.31. The molecule has 0 atom stereocenters. The quantitative estimate of drug-likeness (QED) is 0.588. The second kappa shape index (κ2) is 9.42. The van der Waals surface area contributed by atoms with Crippen LogP contribution in [-0.2, 0) is 20.5 Å². The van der Waals surface area contributed by atoms with Crippen LogP contribution in [0.4, 0.5) is 24.5 Å². The molecule has 1 amide bonds. The van der Waals surface area contributed by atoms with Crippen LogP contribution >= 0.6 is 0 Å². The smallest absolute Gasteiger partial charge is 0.386 e. The molecule has 2 aromatic rings. The Morgan fingerprint density at radius 1 is 1.17 bits per heavy atom. The Bertz CT molecular complexity index is 851. The molecule has 1 N–H and O–H groups in total. The van der Waals surface area contributed by atoms with Gasteiger partial charge in [-0.25, -0.2) is 0 Å². The average Bonchev–Trinajstić information content (AvgIpc) is 2.72. The molecule has 0 saturated carbocycles. The lowest BCUT2D eigenvalue weighted by molar-refractivity contribution is -0.137. The molecule has 1 aliphatic rings. The maximum atomic E-state index is 13.1. The predicted octanol–water partition coefficient (Wildman–Crippen LogP) is 3.53. The highest BCUT2D eigenvalue weighted by Crippen LogP contribution is 2.35. The van der Waals surface area contributed by atoms with Crippen LogP contribution in [0.5, 0.6) is 0 Å². The Morgan fingerprint density at radius 2 is 1.90 bits per heavy atom. The fourth-order valence-electron chi connectivity index (χ4n) is 2.81. The molecule has 9 heteroatoms. The van der Waals surface area contributed by atoms with Crippen molar-refractivity contribution in [2.75, 3.05) is 43.1 Å². The molecular weight excluding hydrogens is 387 g/mol. The Balaban J connectivity index is 1.68. The molecule has 0 unspecified atom stereocenters. The number of morpholine rings is 1. The van der Waals surface area contributed by atoms with E-state index in [9.17, 15) is 18.0 Å². The fourth-order valence-corrected chi connectivity index (χ4v) is 2.81. The normalized spacial score (nSPS) is 14.8. The van der Waals surface area contributed by atoms with Crippen molar-refractivity contribution < 1.29 is 27.5 Å². The summed E-state index contributed by atoms with van der Waals surface area (Å²) in [5.74, 6) is -0.607. The van der Waals surface area contributed by atoms with Crippen molar-refractivity contribution in [1.82, 2.24) is 0 Å². The van der Waals surface area contributed by atoms with Gasteiger partial charge in [0.05, 0.1) is 36.4 Å². The van der Waals surface area contributed by atoms with Gasteiger partial charge < -0.3 is 19.8 Å². The minimum atomic E-state index is -4.51. The van der Waals surface area contributed by atoms with Crippen molar-refractivity contribution in [2.45, 2.75) is 6.18 Å². The summed E-state index contributed by atoms with van der Waals surface area (Å²) in [6.07, 6.45) is -3.07. The maximum Gasteiger partial charge on any atom is 0.416 e. The van der Waals surface area contributed by atoms with Gasteiger partial charge >= 0.3 is 6.18 Å². The fraction of sp³-hybridized carbons (Fsp3) is 0.300. The third-order valence-corrected chi connectivity index (χ3v) is 4.22. The minimum absolute atomic E-state index is 0.0716. The SMILES string of the molecule is O=C(CO/N=C/c1ccccc1)Nc1cc(C(F)(F)F)ccc1N1CCOCC1. The molecule has 0 radical (unpaired) electrons. The maximum absolute atomic E-state index is 13.1. The molecule has 1 fully saturated rings. The first-order valence-electron chi connectivity index (χ1n) is 8.97. The molecule has 0 aromatic heterocycles. The van der Waals surface area contributed by atoms with Crippen molar-refractivity contribution in [3.8, 4) is 0 Å². The van der Waals surface area contributed by atoms with Crippen LogP contribution in [0.3, 0.4) is 0 Å². The van der Waals surface area contributed by atoms with Gasteiger partial charge in [-0.05, 0) is 23.8 Å². The molecule has 29 heavy (non-hydrogen) atoms. The molecule has 0 spiro atoms. The molecule has 154 valence electrons. The Labute approximate surface area is 165 Å². The first kappa shape index (κ1) is 20.7. The Kier molecular flexibility index (Phi) is 6.71. The Morgan fingerprint density at radius 3 is 2.59 bits per heavy atom. The van der Waals surface area contributed by atoms with Crippen LogP contribution in [0.25, 0.3) is 0 Å². The predicted molar refractivity (Wildman–Crippen MR) is 103 cm³/mol. The zero-order chi connectivity index (χ0) is 20.7. The molecule has 0 aliphatic carbocycles. The van der Waals surface area contributed by atoms with Crippen molar-refractivity contribution in [3.05, 3.63) is 59.7 Å². The van der Waals surface area contributed by atoms with Gasteiger partial charge in [-0.3, -0.25) is 4.79 Å². The van der Waals surface area contributed by atoms with E-state index in [2.05, 4.69) is 10.5 Å². The second-order valence-electron chi connectivity index (χ2n) is 6.30. The summed E-state index contributed by atoms with van der Waals surface area (Å²) >= 11 is 0.